The largest absolute Gasteiger partial charge is 0.312 e. The zero-order valence-electron chi connectivity index (χ0n) is 8.78. The van der Waals surface area contributed by atoms with Gasteiger partial charge < -0.3 is 5.32 Å². The highest BCUT2D eigenvalue weighted by Crippen LogP contribution is 2.21. The van der Waals surface area contributed by atoms with Crippen molar-refractivity contribution < 1.29 is 8.78 Å². The molecule has 0 fully saturated rings. The Labute approximate surface area is 97.0 Å². The van der Waals surface area contributed by atoms with Gasteiger partial charge in [-0.25, -0.2) is 8.78 Å². The summed E-state index contributed by atoms with van der Waals surface area (Å²) < 4.78 is 27.0. The summed E-state index contributed by atoms with van der Waals surface area (Å²) in [7, 11) is 0. The summed E-state index contributed by atoms with van der Waals surface area (Å²) in [6.45, 7) is 5.04. The molecular weight excluding hydrogens is 264 g/mol. The predicted octanol–water partition coefficient (Wildman–Crippen LogP) is 3.47. The van der Waals surface area contributed by atoms with Crippen molar-refractivity contribution in [3.8, 4) is 0 Å². The van der Waals surface area contributed by atoms with Crippen LogP contribution in [0.5, 0.6) is 0 Å². The lowest BCUT2D eigenvalue weighted by atomic mass is 10.2. The average molecular weight is 278 g/mol. The van der Waals surface area contributed by atoms with Gasteiger partial charge in [0.15, 0.2) is 0 Å². The standard InChI is InChI=1S/C11H14BrF2N/c1-7(2)5-15-6-8-10(13)4-3-9(12)11(8)14/h3-4,7,15H,5-6H2,1-2H3. The van der Waals surface area contributed by atoms with Crippen LogP contribution >= 0.6 is 15.9 Å². The van der Waals surface area contributed by atoms with Gasteiger partial charge in [0.05, 0.1) is 4.47 Å². The van der Waals surface area contributed by atoms with Crippen LogP contribution in [0.2, 0.25) is 0 Å². The molecule has 4 heteroatoms. The minimum Gasteiger partial charge on any atom is -0.312 e. The number of benzene rings is 1. The molecule has 1 rings (SSSR count). The molecule has 0 atom stereocenters. The maximum Gasteiger partial charge on any atom is 0.144 e. The van der Waals surface area contributed by atoms with E-state index in [1.807, 2.05) is 13.8 Å². The van der Waals surface area contributed by atoms with E-state index in [1.165, 1.54) is 12.1 Å². The van der Waals surface area contributed by atoms with Crippen LogP contribution < -0.4 is 5.32 Å². The molecule has 0 saturated heterocycles. The zero-order valence-corrected chi connectivity index (χ0v) is 10.4. The van der Waals surface area contributed by atoms with Gasteiger partial charge in [0, 0.05) is 12.1 Å². The minimum absolute atomic E-state index is 0.0880. The lowest BCUT2D eigenvalue weighted by molar-refractivity contribution is 0.506. The third-order valence-electron chi connectivity index (χ3n) is 1.99. The smallest absolute Gasteiger partial charge is 0.144 e. The normalized spacial score (nSPS) is 11.1. The summed E-state index contributed by atoms with van der Waals surface area (Å²) >= 11 is 3.03. The van der Waals surface area contributed by atoms with Gasteiger partial charge >= 0.3 is 0 Å². The molecule has 15 heavy (non-hydrogen) atoms. The van der Waals surface area contributed by atoms with Crippen molar-refractivity contribution in [3.63, 3.8) is 0 Å². The Kier molecular flexibility index (Phi) is 4.67. The highest BCUT2D eigenvalue weighted by molar-refractivity contribution is 9.10. The predicted molar refractivity (Wildman–Crippen MR) is 60.6 cm³/mol. The molecule has 0 aliphatic rings. The van der Waals surface area contributed by atoms with Crippen molar-refractivity contribution in [1.82, 2.24) is 5.32 Å². The second kappa shape index (κ2) is 5.56. The van der Waals surface area contributed by atoms with Crippen LogP contribution in [0.4, 0.5) is 8.78 Å². The van der Waals surface area contributed by atoms with E-state index in [0.717, 1.165) is 6.54 Å². The number of hydrogen-bond acceptors (Lipinski definition) is 1. The van der Waals surface area contributed by atoms with Crippen LogP contribution in [-0.2, 0) is 6.54 Å². The Morgan fingerprint density at radius 2 is 2.00 bits per heavy atom. The first-order valence-corrected chi connectivity index (χ1v) is 5.64. The van der Waals surface area contributed by atoms with Crippen LogP contribution in [0, 0.1) is 17.6 Å². The second-order valence-electron chi connectivity index (χ2n) is 3.85. The summed E-state index contributed by atoms with van der Waals surface area (Å²) in [5.41, 5.74) is 0.0880. The topological polar surface area (TPSA) is 12.0 Å². The fraction of sp³-hybridized carbons (Fsp3) is 0.455. The van der Waals surface area contributed by atoms with E-state index < -0.39 is 11.6 Å². The van der Waals surface area contributed by atoms with Crippen molar-refractivity contribution in [3.05, 3.63) is 33.8 Å². The fourth-order valence-corrected chi connectivity index (χ4v) is 1.59. The van der Waals surface area contributed by atoms with Gasteiger partial charge in [0.1, 0.15) is 11.6 Å². The van der Waals surface area contributed by atoms with E-state index in [9.17, 15) is 8.78 Å². The summed E-state index contributed by atoms with van der Waals surface area (Å²) in [6, 6.07) is 2.64. The van der Waals surface area contributed by atoms with Crippen LogP contribution in [0.15, 0.2) is 16.6 Å². The molecule has 1 nitrogen and oxygen atoms in total. The first-order valence-electron chi connectivity index (χ1n) is 4.85. The monoisotopic (exact) mass is 277 g/mol. The molecule has 1 aromatic carbocycles. The third-order valence-corrected chi connectivity index (χ3v) is 2.61. The summed E-state index contributed by atoms with van der Waals surface area (Å²) in [5.74, 6) is -0.568. The molecule has 0 aromatic heterocycles. The van der Waals surface area contributed by atoms with Crippen LogP contribution in [0.25, 0.3) is 0 Å². The third kappa shape index (κ3) is 3.54. The van der Waals surface area contributed by atoms with E-state index in [4.69, 9.17) is 0 Å². The molecule has 0 saturated carbocycles. The van der Waals surface area contributed by atoms with Crippen LogP contribution in [0.1, 0.15) is 19.4 Å². The minimum atomic E-state index is -0.522. The molecule has 84 valence electrons. The van der Waals surface area contributed by atoms with Crippen molar-refractivity contribution in [1.29, 1.82) is 0 Å². The first kappa shape index (κ1) is 12.6. The molecule has 0 spiro atoms. The zero-order chi connectivity index (χ0) is 11.4. The number of nitrogens with one attached hydrogen (secondary N) is 1. The molecule has 0 unspecified atom stereocenters. The molecule has 0 aliphatic heterocycles. The van der Waals surface area contributed by atoms with Gasteiger partial charge in [-0.2, -0.15) is 0 Å². The summed E-state index contributed by atoms with van der Waals surface area (Å²) in [4.78, 5) is 0. The van der Waals surface area contributed by atoms with Gasteiger partial charge in [-0.3, -0.25) is 0 Å². The molecule has 0 aliphatic carbocycles. The molecular formula is C11H14BrF2N. The highest BCUT2D eigenvalue weighted by atomic mass is 79.9. The molecule has 1 aromatic rings. The van der Waals surface area contributed by atoms with Gasteiger partial charge in [-0.05, 0) is 40.5 Å². The van der Waals surface area contributed by atoms with E-state index in [0.29, 0.717) is 10.4 Å². The molecule has 0 radical (unpaired) electrons. The molecule has 0 bridgehead atoms. The van der Waals surface area contributed by atoms with E-state index in [-0.39, 0.29) is 12.1 Å². The number of hydrogen-bond donors (Lipinski definition) is 1. The lowest BCUT2D eigenvalue weighted by Gasteiger charge is -2.09. The lowest BCUT2D eigenvalue weighted by Crippen LogP contribution is -2.20. The van der Waals surface area contributed by atoms with E-state index >= 15 is 0 Å². The van der Waals surface area contributed by atoms with E-state index in [2.05, 4.69) is 21.2 Å². The summed E-state index contributed by atoms with van der Waals surface area (Å²) in [5, 5.41) is 3.01. The van der Waals surface area contributed by atoms with Crippen LogP contribution in [-0.4, -0.2) is 6.54 Å². The molecule has 0 amide bonds. The average Bonchev–Trinajstić information content (AvgIpc) is 2.17. The SMILES string of the molecule is CC(C)CNCc1c(F)ccc(Br)c1F. The van der Waals surface area contributed by atoms with E-state index in [1.54, 1.807) is 0 Å². The van der Waals surface area contributed by atoms with Gasteiger partial charge in [0.2, 0.25) is 0 Å². The van der Waals surface area contributed by atoms with Gasteiger partial charge in [-0.1, -0.05) is 13.8 Å². The maximum absolute atomic E-state index is 13.5. The quantitative estimate of drug-likeness (QED) is 0.831. The number of rotatable bonds is 4. The van der Waals surface area contributed by atoms with Gasteiger partial charge in [-0.15, -0.1) is 0 Å². The Hall–Kier alpha value is -0.480. The highest BCUT2D eigenvalue weighted by Gasteiger charge is 2.11. The Morgan fingerprint density at radius 3 is 2.60 bits per heavy atom. The van der Waals surface area contributed by atoms with Gasteiger partial charge in [0.25, 0.3) is 0 Å². The Balaban J connectivity index is 2.71. The Bertz CT molecular complexity index is 340. The van der Waals surface area contributed by atoms with Crippen molar-refractivity contribution in [2.75, 3.05) is 6.54 Å². The van der Waals surface area contributed by atoms with Crippen molar-refractivity contribution >= 4 is 15.9 Å². The Morgan fingerprint density at radius 1 is 1.33 bits per heavy atom. The van der Waals surface area contributed by atoms with Crippen molar-refractivity contribution in [2.24, 2.45) is 5.92 Å². The van der Waals surface area contributed by atoms with Crippen molar-refractivity contribution in [2.45, 2.75) is 20.4 Å². The first-order chi connectivity index (χ1) is 7.02. The second-order valence-corrected chi connectivity index (χ2v) is 4.70. The fourth-order valence-electron chi connectivity index (χ4n) is 1.22. The maximum atomic E-state index is 13.5. The molecule has 1 N–H and O–H groups in total. The van der Waals surface area contributed by atoms with Crippen LogP contribution in [0.3, 0.4) is 0 Å². The summed E-state index contributed by atoms with van der Waals surface area (Å²) in [6.07, 6.45) is 0. The molecule has 0 heterocycles. The number of halogens is 3.